The second kappa shape index (κ2) is 14.8. The monoisotopic (exact) mass is 707 g/mol. The Hall–Kier alpha value is -4.66. The number of benzene rings is 3. The molecule has 49 heavy (non-hydrogen) atoms. The zero-order valence-corrected chi connectivity index (χ0v) is 30.1. The summed E-state index contributed by atoms with van der Waals surface area (Å²) in [5, 5.41) is 12.6. The summed E-state index contributed by atoms with van der Waals surface area (Å²) in [5.74, 6) is -0.341. The van der Waals surface area contributed by atoms with Gasteiger partial charge >= 0.3 is 12.2 Å². The fraction of sp³-hybridized carbons (Fsp3) is 0.314. The molecule has 14 heteroatoms. The number of carbonyl (C=O) groups is 3. The van der Waals surface area contributed by atoms with E-state index < -0.39 is 39.5 Å². The van der Waals surface area contributed by atoms with Gasteiger partial charge in [-0.2, -0.15) is 4.90 Å². The first-order valence-electron chi connectivity index (χ1n) is 15.3. The number of nitrogens with two attached hydrogens (primary N) is 1. The zero-order chi connectivity index (χ0) is 36.1. The number of rotatable bonds is 9. The molecule has 0 radical (unpaired) electrons. The molecule has 0 aliphatic rings. The molecule has 1 unspecified atom stereocenters. The summed E-state index contributed by atoms with van der Waals surface area (Å²) in [7, 11) is -3.91. The Kier molecular flexibility index (Phi) is 11.3. The molecule has 1 aromatic heterocycles. The molecule has 1 heterocycles. The van der Waals surface area contributed by atoms with Crippen LogP contribution < -0.4 is 20.7 Å². The van der Waals surface area contributed by atoms with Gasteiger partial charge in [0.2, 0.25) is 15.9 Å². The third kappa shape index (κ3) is 10.2. The number of fused-ring (bicyclic) bond motifs is 1. The van der Waals surface area contributed by atoms with Crippen molar-refractivity contribution < 1.29 is 32.3 Å². The molecule has 0 aliphatic heterocycles. The van der Waals surface area contributed by atoms with Gasteiger partial charge in [-0.25, -0.2) is 28.1 Å². The van der Waals surface area contributed by atoms with Gasteiger partial charge in [-0.15, -0.1) is 11.8 Å². The van der Waals surface area contributed by atoms with Crippen LogP contribution in [0.25, 0.3) is 10.8 Å². The highest BCUT2D eigenvalue weighted by Gasteiger charge is 2.34. The van der Waals surface area contributed by atoms with Crippen LogP contribution in [0.4, 0.5) is 21.1 Å². The molecule has 12 nitrogen and oxygen atoms in total. The lowest BCUT2D eigenvalue weighted by Crippen LogP contribution is -2.44. The molecular formula is C35H41N5O7S2. The standard InChI is InChI=1S/C35H41N5O7S2/c1-34(2,3)46-32(42)40(33(43)47-35(4,5)6)30-28-15-14-25(19-23(28)16-17-37-30)39-29(24-11-9-12-26(20-24)48-7)31(41)38-21-22-10-8-13-27(18-22)49(36,44)45/h8-20,29,39H,21H2,1-7H3,(H,38,41)(H2,36,44,45). The molecule has 0 saturated heterocycles. The maximum atomic E-state index is 13.7. The minimum Gasteiger partial charge on any atom is -0.443 e. The minimum atomic E-state index is -3.91. The van der Waals surface area contributed by atoms with Gasteiger partial charge in [0, 0.05) is 28.7 Å². The normalized spacial score (nSPS) is 12.6. The van der Waals surface area contributed by atoms with Crippen molar-refractivity contribution in [1.82, 2.24) is 10.3 Å². The van der Waals surface area contributed by atoms with E-state index in [0.29, 0.717) is 27.6 Å². The van der Waals surface area contributed by atoms with Crippen molar-refractivity contribution in [2.45, 2.75) is 75.1 Å². The lowest BCUT2D eigenvalue weighted by molar-refractivity contribution is -0.122. The summed E-state index contributed by atoms with van der Waals surface area (Å²) in [6, 6.07) is 19.6. The number of aromatic nitrogens is 1. The smallest absolute Gasteiger partial charge is 0.425 e. The van der Waals surface area contributed by atoms with Crippen molar-refractivity contribution in [2.75, 3.05) is 16.5 Å². The van der Waals surface area contributed by atoms with E-state index in [1.54, 1.807) is 77.9 Å². The van der Waals surface area contributed by atoms with E-state index in [1.165, 1.54) is 30.1 Å². The molecule has 4 N–H and O–H groups in total. The van der Waals surface area contributed by atoms with Crippen molar-refractivity contribution in [2.24, 2.45) is 5.14 Å². The van der Waals surface area contributed by atoms with Crippen molar-refractivity contribution in [1.29, 1.82) is 0 Å². The Morgan fingerprint density at radius 1 is 0.898 bits per heavy atom. The number of imide groups is 1. The first-order chi connectivity index (χ1) is 22.8. The van der Waals surface area contributed by atoms with E-state index in [1.807, 2.05) is 30.5 Å². The summed E-state index contributed by atoms with van der Waals surface area (Å²) in [6.45, 7) is 10.2. The topological polar surface area (TPSA) is 170 Å². The van der Waals surface area contributed by atoms with Gasteiger partial charge < -0.3 is 20.1 Å². The summed E-state index contributed by atoms with van der Waals surface area (Å²) in [6.07, 6.45) is 1.52. The Morgan fingerprint density at radius 2 is 1.55 bits per heavy atom. The molecule has 0 bridgehead atoms. The Labute approximate surface area is 290 Å². The number of primary sulfonamides is 1. The number of hydrogen-bond donors (Lipinski definition) is 3. The molecule has 3 aromatic carbocycles. The van der Waals surface area contributed by atoms with Crippen molar-refractivity contribution in [3.8, 4) is 0 Å². The molecule has 0 saturated carbocycles. The molecule has 0 aliphatic carbocycles. The van der Waals surface area contributed by atoms with Gasteiger partial charge in [-0.05, 0) is 113 Å². The molecule has 0 fully saturated rings. The van der Waals surface area contributed by atoms with Gasteiger partial charge in [0.15, 0.2) is 5.82 Å². The molecule has 4 rings (SSSR count). The highest BCUT2D eigenvalue weighted by molar-refractivity contribution is 7.98. The summed E-state index contributed by atoms with van der Waals surface area (Å²) < 4.78 is 34.7. The third-order valence-electron chi connectivity index (χ3n) is 6.80. The number of carbonyl (C=O) groups excluding carboxylic acids is 3. The summed E-state index contributed by atoms with van der Waals surface area (Å²) >= 11 is 1.53. The molecule has 1 atom stereocenters. The number of nitrogens with one attached hydrogen (secondary N) is 2. The van der Waals surface area contributed by atoms with Crippen LogP contribution in [-0.4, -0.2) is 49.0 Å². The van der Waals surface area contributed by atoms with Crippen LogP contribution in [0.2, 0.25) is 0 Å². The van der Waals surface area contributed by atoms with Crippen LogP contribution in [0, 0.1) is 0 Å². The Bertz CT molecular complexity index is 1940. The van der Waals surface area contributed by atoms with Crippen molar-refractivity contribution >= 4 is 62.2 Å². The predicted molar refractivity (Wildman–Crippen MR) is 191 cm³/mol. The highest BCUT2D eigenvalue weighted by Crippen LogP contribution is 2.31. The van der Waals surface area contributed by atoms with Crippen LogP contribution >= 0.6 is 11.8 Å². The van der Waals surface area contributed by atoms with E-state index in [-0.39, 0.29) is 23.2 Å². The number of amides is 3. The number of pyridine rings is 1. The summed E-state index contributed by atoms with van der Waals surface area (Å²) in [4.78, 5) is 46.4. The number of nitrogens with zero attached hydrogens (tertiary/aromatic N) is 2. The van der Waals surface area contributed by atoms with Crippen LogP contribution in [0.1, 0.15) is 58.7 Å². The van der Waals surface area contributed by atoms with Gasteiger partial charge in [0.25, 0.3) is 0 Å². The molecule has 3 amide bonds. The molecular weight excluding hydrogens is 667 g/mol. The van der Waals surface area contributed by atoms with Crippen molar-refractivity contribution in [3.05, 3.63) is 90.1 Å². The fourth-order valence-corrected chi connectivity index (χ4v) is 5.76. The largest absolute Gasteiger partial charge is 0.443 e. The Balaban J connectivity index is 1.69. The zero-order valence-electron chi connectivity index (χ0n) is 28.4. The molecule has 4 aromatic rings. The van der Waals surface area contributed by atoms with E-state index in [0.717, 1.165) is 9.80 Å². The van der Waals surface area contributed by atoms with Gasteiger partial charge in [0.1, 0.15) is 17.2 Å². The number of sulfonamides is 1. The van der Waals surface area contributed by atoms with Gasteiger partial charge in [-0.3, -0.25) is 4.79 Å². The second-order valence-electron chi connectivity index (χ2n) is 13.1. The minimum absolute atomic E-state index is 0.0243. The lowest BCUT2D eigenvalue weighted by atomic mass is 10.0. The van der Waals surface area contributed by atoms with Crippen LogP contribution in [0.3, 0.4) is 0 Å². The molecule has 260 valence electrons. The molecule has 0 spiro atoms. The third-order valence-corrected chi connectivity index (χ3v) is 8.44. The van der Waals surface area contributed by atoms with E-state index >= 15 is 0 Å². The highest BCUT2D eigenvalue weighted by atomic mass is 32.2. The number of ether oxygens (including phenoxy) is 2. The summed E-state index contributed by atoms with van der Waals surface area (Å²) in [5.41, 5.74) is 0.0258. The number of thioether (sulfide) groups is 1. The SMILES string of the molecule is CSc1cccc(C(Nc2ccc3c(N(C(=O)OC(C)(C)C)C(=O)OC(C)(C)C)nccc3c2)C(=O)NCc2cccc(S(N)(=O)=O)c2)c1. The van der Waals surface area contributed by atoms with Crippen LogP contribution in [0.5, 0.6) is 0 Å². The van der Waals surface area contributed by atoms with Crippen molar-refractivity contribution in [3.63, 3.8) is 0 Å². The van der Waals surface area contributed by atoms with Gasteiger partial charge in [-0.1, -0.05) is 24.3 Å². The number of anilines is 2. The fourth-order valence-electron chi connectivity index (χ4n) is 4.70. The maximum absolute atomic E-state index is 13.7. The van der Waals surface area contributed by atoms with Crippen LogP contribution in [0.15, 0.2) is 88.8 Å². The first-order valence-corrected chi connectivity index (χ1v) is 18.1. The Morgan fingerprint density at radius 3 is 2.16 bits per heavy atom. The average Bonchev–Trinajstić information content (AvgIpc) is 3.00. The quantitative estimate of drug-likeness (QED) is 0.158. The maximum Gasteiger partial charge on any atom is 0.425 e. The van der Waals surface area contributed by atoms with E-state index in [4.69, 9.17) is 14.6 Å². The van der Waals surface area contributed by atoms with Crippen LogP contribution in [-0.2, 0) is 30.8 Å². The first kappa shape index (κ1) is 37.2. The lowest BCUT2D eigenvalue weighted by Gasteiger charge is -2.28. The number of hydrogen-bond acceptors (Lipinski definition) is 10. The van der Waals surface area contributed by atoms with E-state index in [2.05, 4.69) is 15.6 Å². The predicted octanol–water partition coefficient (Wildman–Crippen LogP) is 6.75. The van der Waals surface area contributed by atoms with Gasteiger partial charge in [0.05, 0.1) is 4.90 Å². The second-order valence-corrected chi connectivity index (χ2v) is 15.6. The average molecular weight is 708 g/mol. The van der Waals surface area contributed by atoms with E-state index in [9.17, 15) is 22.8 Å².